The van der Waals surface area contributed by atoms with E-state index >= 15 is 0 Å². The van der Waals surface area contributed by atoms with Crippen molar-refractivity contribution in [2.45, 2.75) is 18.5 Å². The Labute approximate surface area is 162 Å². The van der Waals surface area contributed by atoms with E-state index in [2.05, 4.69) is 10.7 Å². The van der Waals surface area contributed by atoms with Crippen molar-refractivity contribution in [3.8, 4) is 5.75 Å². The van der Waals surface area contributed by atoms with E-state index in [0.717, 1.165) is 0 Å². The summed E-state index contributed by atoms with van der Waals surface area (Å²) in [4.78, 5) is 26.5. The second-order valence-electron chi connectivity index (χ2n) is 6.92. The molecular formula is C20H21FN4O3. The molecule has 3 amide bonds. The number of likely N-dealkylation sites (tertiary alicyclic amines) is 1. The summed E-state index contributed by atoms with van der Waals surface area (Å²) in [5.41, 5.74) is 2.95. The lowest BCUT2D eigenvalue weighted by atomic mass is 9.98. The van der Waals surface area contributed by atoms with Gasteiger partial charge >= 0.3 is 6.03 Å². The van der Waals surface area contributed by atoms with E-state index in [-0.39, 0.29) is 18.5 Å². The number of hydrogen-bond acceptors (Lipinski definition) is 4. The van der Waals surface area contributed by atoms with Crippen LogP contribution in [0.3, 0.4) is 0 Å². The Morgan fingerprint density at radius 2 is 1.86 bits per heavy atom. The van der Waals surface area contributed by atoms with Gasteiger partial charge in [-0.2, -0.15) is 0 Å². The number of anilines is 1. The third-order valence-electron chi connectivity index (χ3n) is 5.02. The summed E-state index contributed by atoms with van der Waals surface area (Å²) in [6, 6.07) is 14.7. The number of carbonyl (C=O) groups is 2. The molecule has 0 atom stereocenters. The molecule has 7 nitrogen and oxygen atoms in total. The standard InChI is InChI=1S/C20H21FN4O3/c21-15-5-4-6-16(13-15)25-19(27)22-20(23-25)9-11-24(12-10-20)18(26)14-28-17-7-2-1-3-8-17/h1-8,13,23H,9-12,14H2,(H,22,27). The number of rotatable bonds is 4. The minimum atomic E-state index is -0.638. The third-order valence-corrected chi connectivity index (χ3v) is 5.02. The summed E-state index contributed by atoms with van der Waals surface area (Å²) in [6.45, 7) is 0.953. The molecule has 0 saturated carbocycles. The van der Waals surface area contributed by atoms with E-state index in [4.69, 9.17) is 4.74 Å². The highest BCUT2D eigenvalue weighted by Gasteiger charge is 2.45. The van der Waals surface area contributed by atoms with Crippen molar-refractivity contribution < 1.29 is 18.7 Å². The zero-order valence-corrected chi connectivity index (χ0v) is 15.2. The number of para-hydroxylation sites is 1. The van der Waals surface area contributed by atoms with E-state index in [1.54, 1.807) is 29.2 Å². The molecule has 4 rings (SSSR count). The molecule has 0 aliphatic carbocycles. The fraction of sp³-hybridized carbons (Fsp3) is 0.300. The van der Waals surface area contributed by atoms with E-state index in [9.17, 15) is 14.0 Å². The van der Waals surface area contributed by atoms with Gasteiger partial charge in [-0.25, -0.2) is 19.6 Å². The van der Waals surface area contributed by atoms with Crippen molar-refractivity contribution in [3.63, 3.8) is 0 Å². The highest BCUT2D eigenvalue weighted by atomic mass is 19.1. The molecule has 28 heavy (non-hydrogen) atoms. The van der Waals surface area contributed by atoms with Crippen molar-refractivity contribution in [3.05, 3.63) is 60.4 Å². The average Bonchev–Trinajstić information content (AvgIpc) is 3.03. The van der Waals surface area contributed by atoms with Gasteiger partial charge in [-0.1, -0.05) is 24.3 Å². The van der Waals surface area contributed by atoms with Gasteiger partial charge in [0.15, 0.2) is 6.61 Å². The van der Waals surface area contributed by atoms with Gasteiger partial charge in [0, 0.05) is 25.9 Å². The molecular weight excluding hydrogens is 363 g/mol. The van der Waals surface area contributed by atoms with Crippen LogP contribution in [-0.2, 0) is 4.79 Å². The van der Waals surface area contributed by atoms with Crippen LogP contribution in [0.25, 0.3) is 0 Å². The fourth-order valence-electron chi connectivity index (χ4n) is 3.48. The molecule has 2 saturated heterocycles. The Kier molecular flexibility index (Phi) is 4.87. The average molecular weight is 384 g/mol. The van der Waals surface area contributed by atoms with Crippen LogP contribution in [0.4, 0.5) is 14.9 Å². The predicted octanol–water partition coefficient (Wildman–Crippen LogP) is 2.26. The van der Waals surface area contributed by atoms with Crippen LogP contribution >= 0.6 is 0 Å². The molecule has 1 spiro atoms. The number of hydrazine groups is 1. The van der Waals surface area contributed by atoms with E-state index in [1.807, 2.05) is 18.2 Å². The summed E-state index contributed by atoms with van der Waals surface area (Å²) >= 11 is 0. The highest BCUT2D eigenvalue weighted by molar-refractivity contribution is 5.93. The van der Waals surface area contributed by atoms with E-state index in [0.29, 0.717) is 37.4 Å². The maximum atomic E-state index is 13.5. The molecule has 8 heteroatoms. The van der Waals surface area contributed by atoms with Crippen molar-refractivity contribution in [1.82, 2.24) is 15.6 Å². The van der Waals surface area contributed by atoms with Gasteiger partial charge < -0.3 is 15.0 Å². The van der Waals surface area contributed by atoms with Crippen LogP contribution in [0.5, 0.6) is 5.75 Å². The molecule has 2 aliphatic heterocycles. The molecule has 0 aromatic heterocycles. The second-order valence-corrected chi connectivity index (χ2v) is 6.92. The Morgan fingerprint density at radius 1 is 1.11 bits per heavy atom. The first-order valence-electron chi connectivity index (χ1n) is 9.16. The van der Waals surface area contributed by atoms with Crippen molar-refractivity contribution in [1.29, 1.82) is 0 Å². The van der Waals surface area contributed by atoms with Crippen LogP contribution in [0.1, 0.15) is 12.8 Å². The normalized spacial score (nSPS) is 18.2. The summed E-state index contributed by atoms with van der Waals surface area (Å²) in [7, 11) is 0. The lowest BCUT2D eigenvalue weighted by Gasteiger charge is -2.38. The van der Waals surface area contributed by atoms with Crippen molar-refractivity contribution >= 4 is 17.6 Å². The van der Waals surface area contributed by atoms with Gasteiger partial charge in [-0.15, -0.1) is 0 Å². The number of hydrogen-bond donors (Lipinski definition) is 2. The first kappa shape index (κ1) is 18.2. The van der Waals surface area contributed by atoms with Gasteiger partial charge in [0.25, 0.3) is 5.91 Å². The predicted molar refractivity (Wildman–Crippen MR) is 101 cm³/mol. The smallest absolute Gasteiger partial charge is 0.338 e. The SMILES string of the molecule is O=C(COc1ccccc1)N1CCC2(CC1)NC(=O)N(c1cccc(F)c1)N2. The number of urea groups is 1. The van der Waals surface area contributed by atoms with Gasteiger partial charge in [0.2, 0.25) is 0 Å². The van der Waals surface area contributed by atoms with Gasteiger partial charge in [0.1, 0.15) is 17.2 Å². The summed E-state index contributed by atoms with van der Waals surface area (Å²) < 4.78 is 19.0. The number of ether oxygens (including phenoxy) is 1. The molecule has 2 aromatic rings. The molecule has 146 valence electrons. The minimum Gasteiger partial charge on any atom is -0.484 e. The Hall–Kier alpha value is -3.13. The summed E-state index contributed by atoms with van der Waals surface area (Å²) in [6.07, 6.45) is 1.09. The quantitative estimate of drug-likeness (QED) is 0.848. The lowest BCUT2D eigenvalue weighted by molar-refractivity contribution is -0.135. The van der Waals surface area contributed by atoms with E-state index < -0.39 is 11.5 Å². The number of amides is 3. The monoisotopic (exact) mass is 384 g/mol. The van der Waals surface area contributed by atoms with Crippen LogP contribution < -0.4 is 20.5 Å². The maximum absolute atomic E-state index is 13.5. The number of nitrogens with one attached hydrogen (secondary N) is 2. The minimum absolute atomic E-state index is 0.0216. The van der Waals surface area contributed by atoms with Crippen molar-refractivity contribution in [2.24, 2.45) is 0 Å². The molecule has 0 unspecified atom stereocenters. The van der Waals surface area contributed by atoms with Crippen LogP contribution in [-0.4, -0.2) is 42.2 Å². The van der Waals surface area contributed by atoms with Gasteiger partial charge in [-0.05, 0) is 30.3 Å². The molecule has 0 bridgehead atoms. The summed E-state index contributed by atoms with van der Waals surface area (Å²) in [5, 5.41) is 4.26. The summed E-state index contributed by atoms with van der Waals surface area (Å²) in [5.74, 6) is 0.150. The number of benzene rings is 2. The molecule has 2 heterocycles. The lowest BCUT2D eigenvalue weighted by Crippen LogP contribution is -2.59. The second kappa shape index (κ2) is 7.47. The topological polar surface area (TPSA) is 73.9 Å². The molecule has 2 aliphatic rings. The van der Waals surface area contributed by atoms with Crippen molar-refractivity contribution in [2.75, 3.05) is 24.7 Å². The van der Waals surface area contributed by atoms with Crippen LogP contribution in [0.2, 0.25) is 0 Å². The maximum Gasteiger partial charge on any atom is 0.338 e. The third kappa shape index (κ3) is 3.77. The van der Waals surface area contributed by atoms with E-state index in [1.165, 1.54) is 17.1 Å². The molecule has 2 fully saturated rings. The zero-order chi connectivity index (χ0) is 19.6. The highest BCUT2D eigenvalue weighted by Crippen LogP contribution is 2.27. The number of halogens is 1. The van der Waals surface area contributed by atoms with Gasteiger partial charge in [-0.3, -0.25) is 4.79 Å². The largest absolute Gasteiger partial charge is 0.484 e. The Bertz CT molecular complexity index is 869. The first-order valence-corrected chi connectivity index (χ1v) is 9.16. The Morgan fingerprint density at radius 3 is 2.57 bits per heavy atom. The number of piperidine rings is 1. The molecule has 2 aromatic carbocycles. The van der Waals surface area contributed by atoms with Gasteiger partial charge in [0.05, 0.1) is 5.69 Å². The number of nitrogens with zero attached hydrogens (tertiary/aromatic N) is 2. The first-order chi connectivity index (χ1) is 13.5. The Balaban J connectivity index is 1.33. The van der Waals surface area contributed by atoms with Crippen LogP contribution in [0, 0.1) is 5.82 Å². The molecule has 2 N–H and O–H groups in total. The molecule has 0 radical (unpaired) electrons. The number of carbonyl (C=O) groups excluding carboxylic acids is 2. The fourth-order valence-corrected chi connectivity index (χ4v) is 3.48. The zero-order valence-electron chi connectivity index (χ0n) is 15.2. The van der Waals surface area contributed by atoms with Crippen LogP contribution in [0.15, 0.2) is 54.6 Å².